The third kappa shape index (κ3) is 3.90. The van der Waals surface area contributed by atoms with Crippen molar-refractivity contribution in [2.24, 2.45) is 5.92 Å². The number of nitrogens with one attached hydrogen (secondary N) is 2. The van der Waals surface area contributed by atoms with E-state index in [4.69, 9.17) is 0 Å². The van der Waals surface area contributed by atoms with E-state index in [9.17, 15) is 4.79 Å². The summed E-state index contributed by atoms with van der Waals surface area (Å²) in [6.45, 7) is 4.36. The standard InChI is InChI=1S/C14H23N5O/c1-11(9-15-2)13(20)18-12-5-3-8-19(10-12)14-16-6-4-7-17-14/h4,6-7,11-12,15H,3,5,8-10H2,1-2H3,(H,18,20). The predicted octanol–water partition coefficient (Wildman–Crippen LogP) is 0.417. The largest absolute Gasteiger partial charge is 0.351 e. The molecule has 0 saturated carbocycles. The predicted molar refractivity (Wildman–Crippen MR) is 78.5 cm³/mol. The van der Waals surface area contributed by atoms with Crippen LogP contribution in [-0.4, -0.2) is 48.6 Å². The van der Waals surface area contributed by atoms with Crippen LogP contribution in [0.1, 0.15) is 19.8 Å². The van der Waals surface area contributed by atoms with Crippen molar-refractivity contribution in [1.82, 2.24) is 20.6 Å². The van der Waals surface area contributed by atoms with Crippen molar-refractivity contribution in [3.8, 4) is 0 Å². The van der Waals surface area contributed by atoms with Gasteiger partial charge in [0.2, 0.25) is 11.9 Å². The van der Waals surface area contributed by atoms with Crippen molar-refractivity contribution in [2.45, 2.75) is 25.8 Å². The highest BCUT2D eigenvalue weighted by atomic mass is 16.1. The van der Waals surface area contributed by atoms with Gasteiger partial charge in [0.25, 0.3) is 0 Å². The lowest BCUT2D eigenvalue weighted by atomic mass is 10.0. The van der Waals surface area contributed by atoms with Gasteiger partial charge in [0.1, 0.15) is 0 Å². The summed E-state index contributed by atoms with van der Waals surface area (Å²) in [6.07, 6.45) is 5.56. The maximum Gasteiger partial charge on any atom is 0.225 e. The van der Waals surface area contributed by atoms with Crippen LogP contribution in [0, 0.1) is 5.92 Å². The average molecular weight is 277 g/mol. The van der Waals surface area contributed by atoms with Crippen molar-refractivity contribution in [3.63, 3.8) is 0 Å². The molecule has 1 saturated heterocycles. The summed E-state index contributed by atoms with van der Waals surface area (Å²) in [5, 5.41) is 6.16. The van der Waals surface area contributed by atoms with E-state index in [2.05, 4.69) is 25.5 Å². The molecule has 0 aliphatic carbocycles. The first-order chi connectivity index (χ1) is 9.70. The topological polar surface area (TPSA) is 70.2 Å². The zero-order valence-corrected chi connectivity index (χ0v) is 12.2. The maximum atomic E-state index is 12.0. The number of anilines is 1. The van der Waals surface area contributed by atoms with Gasteiger partial charge < -0.3 is 15.5 Å². The molecule has 2 N–H and O–H groups in total. The minimum atomic E-state index is -0.0108. The van der Waals surface area contributed by atoms with Gasteiger partial charge in [-0.1, -0.05) is 6.92 Å². The van der Waals surface area contributed by atoms with Crippen LogP contribution in [0.3, 0.4) is 0 Å². The molecule has 6 heteroatoms. The third-order valence-electron chi connectivity index (χ3n) is 3.56. The highest BCUT2D eigenvalue weighted by Crippen LogP contribution is 2.15. The van der Waals surface area contributed by atoms with E-state index in [0.29, 0.717) is 6.54 Å². The second-order valence-corrected chi connectivity index (χ2v) is 5.30. The number of amides is 1. The van der Waals surface area contributed by atoms with Crippen LogP contribution in [-0.2, 0) is 4.79 Å². The third-order valence-corrected chi connectivity index (χ3v) is 3.56. The van der Waals surface area contributed by atoms with Crippen molar-refractivity contribution in [1.29, 1.82) is 0 Å². The average Bonchev–Trinajstić information content (AvgIpc) is 2.48. The monoisotopic (exact) mass is 277 g/mol. The zero-order valence-electron chi connectivity index (χ0n) is 12.2. The van der Waals surface area contributed by atoms with E-state index in [0.717, 1.165) is 31.9 Å². The molecule has 0 radical (unpaired) electrons. The maximum absolute atomic E-state index is 12.0. The minimum Gasteiger partial charge on any atom is -0.351 e. The summed E-state index contributed by atoms with van der Waals surface area (Å²) < 4.78 is 0. The first kappa shape index (κ1) is 14.7. The van der Waals surface area contributed by atoms with Crippen molar-refractivity contribution >= 4 is 11.9 Å². The smallest absolute Gasteiger partial charge is 0.225 e. The van der Waals surface area contributed by atoms with Crippen molar-refractivity contribution in [3.05, 3.63) is 18.5 Å². The van der Waals surface area contributed by atoms with Crippen LogP contribution in [0.2, 0.25) is 0 Å². The summed E-state index contributed by atoms with van der Waals surface area (Å²) in [7, 11) is 1.86. The fourth-order valence-corrected chi connectivity index (χ4v) is 2.47. The SMILES string of the molecule is CNCC(C)C(=O)NC1CCCN(c2ncccn2)C1. The second kappa shape index (κ2) is 7.19. The Hall–Kier alpha value is -1.69. The number of nitrogens with zero attached hydrogens (tertiary/aromatic N) is 3. The van der Waals surface area contributed by atoms with Gasteiger partial charge in [0.15, 0.2) is 0 Å². The molecule has 0 bridgehead atoms. The molecular formula is C14H23N5O. The molecule has 1 fully saturated rings. The Morgan fingerprint density at radius 3 is 2.95 bits per heavy atom. The summed E-state index contributed by atoms with van der Waals surface area (Å²) in [5.41, 5.74) is 0. The molecule has 20 heavy (non-hydrogen) atoms. The molecular weight excluding hydrogens is 254 g/mol. The first-order valence-electron chi connectivity index (χ1n) is 7.17. The molecule has 2 unspecified atom stereocenters. The van der Waals surface area contributed by atoms with Gasteiger partial charge in [0.05, 0.1) is 0 Å². The van der Waals surface area contributed by atoms with Crippen LogP contribution in [0.5, 0.6) is 0 Å². The Balaban J connectivity index is 1.89. The molecule has 2 heterocycles. The second-order valence-electron chi connectivity index (χ2n) is 5.30. The number of carbonyl (C=O) groups is 1. The molecule has 2 atom stereocenters. The van der Waals surface area contributed by atoms with Gasteiger partial charge in [0, 0.05) is 44.0 Å². The summed E-state index contributed by atoms with van der Waals surface area (Å²) >= 11 is 0. The number of hydrogen-bond acceptors (Lipinski definition) is 5. The molecule has 0 aromatic carbocycles. The van der Waals surface area contributed by atoms with Crippen LogP contribution in [0.15, 0.2) is 18.5 Å². The Bertz CT molecular complexity index is 425. The van der Waals surface area contributed by atoms with Gasteiger partial charge in [-0.05, 0) is 26.0 Å². The Labute approximate surface area is 120 Å². The Kier molecular flexibility index (Phi) is 5.29. The number of rotatable bonds is 5. The lowest BCUT2D eigenvalue weighted by Crippen LogP contribution is -2.50. The van der Waals surface area contributed by atoms with E-state index in [1.54, 1.807) is 12.4 Å². The van der Waals surface area contributed by atoms with Gasteiger partial charge >= 0.3 is 0 Å². The molecule has 1 aromatic heterocycles. The van der Waals surface area contributed by atoms with Gasteiger partial charge in [-0.15, -0.1) is 0 Å². The summed E-state index contributed by atoms with van der Waals surface area (Å²) in [6, 6.07) is 1.99. The van der Waals surface area contributed by atoms with Crippen molar-refractivity contribution in [2.75, 3.05) is 31.6 Å². The van der Waals surface area contributed by atoms with Crippen LogP contribution < -0.4 is 15.5 Å². The zero-order chi connectivity index (χ0) is 14.4. The molecule has 0 spiro atoms. The molecule has 1 aromatic rings. The van der Waals surface area contributed by atoms with Crippen LogP contribution in [0.4, 0.5) is 5.95 Å². The first-order valence-corrected chi connectivity index (χ1v) is 7.17. The molecule has 1 aliphatic rings. The van der Waals surface area contributed by atoms with E-state index in [1.165, 1.54) is 0 Å². The number of aromatic nitrogens is 2. The summed E-state index contributed by atoms with van der Waals surface area (Å²) in [4.78, 5) is 22.7. The molecule has 2 rings (SSSR count). The highest BCUT2D eigenvalue weighted by Gasteiger charge is 2.24. The van der Waals surface area contributed by atoms with Gasteiger partial charge in [-0.25, -0.2) is 9.97 Å². The van der Waals surface area contributed by atoms with Gasteiger partial charge in [-0.3, -0.25) is 4.79 Å². The molecule has 1 aliphatic heterocycles. The minimum absolute atomic E-state index is 0.0108. The lowest BCUT2D eigenvalue weighted by Gasteiger charge is -2.33. The number of piperidine rings is 1. The normalized spacial score (nSPS) is 20.5. The number of carbonyl (C=O) groups excluding carboxylic acids is 1. The van der Waals surface area contributed by atoms with E-state index < -0.39 is 0 Å². The number of hydrogen-bond donors (Lipinski definition) is 2. The molecule has 110 valence electrons. The van der Waals surface area contributed by atoms with E-state index in [1.807, 2.05) is 20.0 Å². The lowest BCUT2D eigenvalue weighted by molar-refractivity contribution is -0.125. The fraction of sp³-hybridized carbons (Fsp3) is 0.643. The van der Waals surface area contributed by atoms with Crippen LogP contribution in [0.25, 0.3) is 0 Å². The Morgan fingerprint density at radius 1 is 1.50 bits per heavy atom. The van der Waals surface area contributed by atoms with E-state index >= 15 is 0 Å². The molecule has 6 nitrogen and oxygen atoms in total. The van der Waals surface area contributed by atoms with E-state index in [-0.39, 0.29) is 17.9 Å². The Morgan fingerprint density at radius 2 is 2.25 bits per heavy atom. The van der Waals surface area contributed by atoms with Crippen LogP contribution >= 0.6 is 0 Å². The highest BCUT2D eigenvalue weighted by molar-refractivity contribution is 5.78. The molecule has 1 amide bonds. The van der Waals surface area contributed by atoms with Crippen molar-refractivity contribution < 1.29 is 4.79 Å². The summed E-state index contributed by atoms with van der Waals surface area (Å²) in [5.74, 6) is 0.846. The van der Waals surface area contributed by atoms with Gasteiger partial charge in [-0.2, -0.15) is 0 Å². The quantitative estimate of drug-likeness (QED) is 0.816. The fourth-order valence-electron chi connectivity index (χ4n) is 2.47.